The molecule has 0 aliphatic rings. The lowest BCUT2D eigenvalue weighted by atomic mass is 10.3. The van der Waals surface area contributed by atoms with Crippen molar-refractivity contribution in [1.82, 2.24) is 4.90 Å². The predicted octanol–water partition coefficient (Wildman–Crippen LogP) is 2.88. The number of ether oxygens (including phenoxy) is 1. The first kappa shape index (κ1) is 14.3. The van der Waals surface area contributed by atoms with Crippen LogP contribution in [-0.2, 0) is 4.79 Å². The summed E-state index contributed by atoms with van der Waals surface area (Å²) < 4.78 is 5.58. The highest BCUT2D eigenvalue weighted by molar-refractivity contribution is 5.73. The standard InChI is InChI=1S/C15H21NO2/c1-3-11-16(14(2)17)12-7-8-13-18-15-9-5-4-6-10-15/h3-6,9-10H,1,7-8,11-13H2,2H3. The molecular formula is C15H21NO2. The Balaban J connectivity index is 2.14. The number of amides is 1. The van der Waals surface area contributed by atoms with Gasteiger partial charge in [-0.2, -0.15) is 0 Å². The maximum Gasteiger partial charge on any atom is 0.219 e. The van der Waals surface area contributed by atoms with Gasteiger partial charge >= 0.3 is 0 Å². The second-order valence-electron chi connectivity index (χ2n) is 4.12. The number of hydrogen-bond donors (Lipinski definition) is 0. The van der Waals surface area contributed by atoms with Gasteiger partial charge in [0.15, 0.2) is 0 Å². The minimum atomic E-state index is 0.0962. The molecule has 0 bridgehead atoms. The summed E-state index contributed by atoms with van der Waals surface area (Å²) in [7, 11) is 0. The van der Waals surface area contributed by atoms with Crippen molar-refractivity contribution in [2.75, 3.05) is 19.7 Å². The fourth-order valence-electron chi connectivity index (χ4n) is 1.64. The molecule has 1 amide bonds. The Kier molecular flexibility index (Phi) is 6.62. The molecule has 0 heterocycles. The van der Waals surface area contributed by atoms with Gasteiger partial charge in [-0.1, -0.05) is 24.3 Å². The van der Waals surface area contributed by atoms with Crippen LogP contribution >= 0.6 is 0 Å². The fraction of sp³-hybridized carbons (Fsp3) is 0.400. The van der Waals surface area contributed by atoms with Crippen LogP contribution in [0.1, 0.15) is 19.8 Å². The van der Waals surface area contributed by atoms with Crippen molar-refractivity contribution in [1.29, 1.82) is 0 Å². The molecule has 0 N–H and O–H groups in total. The average Bonchev–Trinajstić information content (AvgIpc) is 2.38. The normalized spacial score (nSPS) is 9.83. The summed E-state index contributed by atoms with van der Waals surface area (Å²) in [5, 5.41) is 0. The van der Waals surface area contributed by atoms with Crippen LogP contribution in [0.5, 0.6) is 5.75 Å². The molecule has 1 aromatic carbocycles. The molecule has 0 aromatic heterocycles. The van der Waals surface area contributed by atoms with Crippen LogP contribution in [-0.4, -0.2) is 30.5 Å². The van der Waals surface area contributed by atoms with Gasteiger partial charge in [0.05, 0.1) is 6.61 Å². The minimum Gasteiger partial charge on any atom is -0.494 e. The molecule has 3 heteroatoms. The molecule has 0 aliphatic heterocycles. The summed E-state index contributed by atoms with van der Waals surface area (Å²) in [6, 6.07) is 9.76. The molecule has 0 aliphatic carbocycles. The van der Waals surface area contributed by atoms with Gasteiger partial charge in [0.25, 0.3) is 0 Å². The van der Waals surface area contributed by atoms with Crippen molar-refractivity contribution in [3.8, 4) is 5.75 Å². The topological polar surface area (TPSA) is 29.5 Å². The molecule has 0 fully saturated rings. The molecule has 0 unspecified atom stereocenters. The molecule has 1 rings (SSSR count). The largest absolute Gasteiger partial charge is 0.494 e. The van der Waals surface area contributed by atoms with E-state index in [-0.39, 0.29) is 5.91 Å². The van der Waals surface area contributed by atoms with Crippen LogP contribution in [0.3, 0.4) is 0 Å². The number of hydrogen-bond acceptors (Lipinski definition) is 2. The summed E-state index contributed by atoms with van der Waals surface area (Å²) in [6.45, 7) is 7.30. The SMILES string of the molecule is C=CCN(CCCCOc1ccccc1)C(C)=O. The van der Waals surface area contributed by atoms with E-state index >= 15 is 0 Å². The Morgan fingerprint density at radius 2 is 2.06 bits per heavy atom. The van der Waals surface area contributed by atoms with E-state index in [2.05, 4.69) is 6.58 Å². The quantitative estimate of drug-likeness (QED) is 0.522. The van der Waals surface area contributed by atoms with E-state index in [1.165, 1.54) is 0 Å². The van der Waals surface area contributed by atoms with Crippen LogP contribution < -0.4 is 4.74 Å². The van der Waals surface area contributed by atoms with Crippen LogP contribution in [0, 0.1) is 0 Å². The van der Waals surface area contributed by atoms with Crippen molar-refractivity contribution < 1.29 is 9.53 Å². The monoisotopic (exact) mass is 247 g/mol. The second kappa shape index (κ2) is 8.34. The third kappa shape index (κ3) is 5.53. The summed E-state index contributed by atoms with van der Waals surface area (Å²) >= 11 is 0. The van der Waals surface area contributed by atoms with E-state index < -0.39 is 0 Å². The molecule has 0 spiro atoms. The zero-order valence-corrected chi connectivity index (χ0v) is 11.0. The van der Waals surface area contributed by atoms with Gasteiger partial charge in [0.2, 0.25) is 5.91 Å². The first-order valence-electron chi connectivity index (χ1n) is 6.28. The first-order valence-corrected chi connectivity index (χ1v) is 6.28. The highest BCUT2D eigenvalue weighted by Crippen LogP contribution is 2.09. The lowest BCUT2D eigenvalue weighted by molar-refractivity contribution is -0.128. The van der Waals surface area contributed by atoms with Crippen molar-refractivity contribution in [3.63, 3.8) is 0 Å². The summed E-state index contributed by atoms with van der Waals surface area (Å²) in [5.41, 5.74) is 0. The number of carbonyl (C=O) groups excluding carboxylic acids is 1. The molecule has 1 aromatic rings. The van der Waals surface area contributed by atoms with Crippen molar-refractivity contribution in [3.05, 3.63) is 43.0 Å². The Morgan fingerprint density at radius 3 is 2.67 bits per heavy atom. The summed E-state index contributed by atoms with van der Waals surface area (Å²) in [5.74, 6) is 0.992. The Bertz CT molecular complexity index is 362. The van der Waals surface area contributed by atoms with E-state index in [9.17, 15) is 4.79 Å². The zero-order valence-electron chi connectivity index (χ0n) is 11.0. The lowest BCUT2D eigenvalue weighted by Crippen LogP contribution is -2.30. The average molecular weight is 247 g/mol. The highest BCUT2D eigenvalue weighted by atomic mass is 16.5. The molecule has 0 saturated carbocycles. The second-order valence-corrected chi connectivity index (χ2v) is 4.12. The third-order valence-electron chi connectivity index (χ3n) is 2.63. The molecule has 98 valence electrons. The zero-order chi connectivity index (χ0) is 13.2. The number of unbranched alkanes of at least 4 members (excludes halogenated alkanes) is 1. The van der Waals surface area contributed by atoms with Gasteiger partial charge in [-0.3, -0.25) is 4.79 Å². The fourth-order valence-corrected chi connectivity index (χ4v) is 1.64. The minimum absolute atomic E-state index is 0.0962. The molecule has 0 radical (unpaired) electrons. The van der Waals surface area contributed by atoms with Gasteiger partial charge in [-0.05, 0) is 25.0 Å². The van der Waals surface area contributed by atoms with Gasteiger partial charge in [0.1, 0.15) is 5.75 Å². The van der Waals surface area contributed by atoms with Crippen molar-refractivity contribution in [2.45, 2.75) is 19.8 Å². The summed E-state index contributed by atoms with van der Waals surface area (Å²) in [4.78, 5) is 13.1. The van der Waals surface area contributed by atoms with Gasteiger partial charge in [-0.15, -0.1) is 6.58 Å². The van der Waals surface area contributed by atoms with Gasteiger partial charge in [-0.25, -0.2) is 0 Å². The van der Waals surface area contributed by atoms with Crippen LogP contribution in [0.2, 0.25) is 0 Å². The lowest BCUT2D eigenvalue weighted by Gasteiger charge is -2.18. The summed E-state index contributed by atoms with van der Waals surface area (Å²) in [6.07, 6.45) is 3.64. The maximum atomic E-state index is 11.3. The number of rotatable bonds is 8. The smallest absolute Gasteiger partial charge is 0.219 e. The number of benzene rings is 1. The number of para-hydroxylation sites is 1. The van der Waals surface area contributed by atoms with Gasteiger partial charge in [0, 0.05) is 20.0 Å². The van der Waals surface area contributed by atoms with Crippen LogP contribution in [0.25, 0.3) is 0 Å². The van der Waals surface area contributed by atoms with E-state index in [1.54, 1.807) is 17.9 Å². The number of nitrogens with zero attached hydrogens (tertiary/aromatic N) is 1. The Hall–Kier alpha value is -1.77. The molecule has 18 heavy (non-hydrogen) atoms. The maximum absolute atomic E-state index is 11.3. The molecular weight excluding hydrogens is 226 g/mol. The third-order valence-corrected chi connectivity index (χ3v) is 2.63. The van der Waals surface area contributed by atoms with Crippen molar-refractivity contribution >= 4 is 5.91 Å². The van der Waals surface area contributed by atoms with E-state index in [0.717, 1.165) is 25.1 Å². The van der Waals surface area contributed by atoms with Crippen molar-refractivity contribution in [2.24, 2.45) is 0 Å². The van der Waals surface area contributed by atoms with Crippen LogP contribution in [0.4, 0.5) is 0 Å². The van der Waals surface area contributed by atoms with E-state index in [1.807, 2.05) is 30.3 Å². The Labute approximate surface area is 109 Å². The Morgan fingerprint density at radius 1 is 1.33 bits per heavy atom. The number of carbonyl (C=O) groups is 1. The van der Waals surface area contributed by atoms with Gasteiger partial charge < -0.3 is 9.64 Å². The van der Waals surface area contributed by atoms with E-state index in [0.29, 0.717) is 13.2 Å². The molecule has 3 nitrogen and oxygen atoms in total. The predicted molar refractivity (Wildman–Crippen MR) is 73.6 cm³/mol. The van der Waals surface area contributed by atoms with Crippen LogP contribution in [0.15, 0.2) is 43.0 Å². The molecule has 0 atom stereocenters. The van der Waals surface area contributed by atoms with E-state index in [4.69, 9.17) is 4.74 Å². The molecule has 0 saturated heterocycles. The highest BCUT2D eigenvalue weighted by Gasteiger charge is 2.05. The first-order chi connectivity index (χ1) is 8.74.